The predicted molar refractivity (Wildman–Crippen MR) is 54.2 cm³/mol. The SMILES string of the molecule is Cn1ncc(C(C)(C)C)c1C1CC1F. The Kier molecular flexibility index (Phi) is 1.95. The first-order valence-electron chi connectivity index (χ1n) is 5.07. The molecule has 0 aromatic carbocycles. The summed E-state index contributed by atoms with van der Waals surface area (Å²) in [4.78, 5) is 0. The first kappa shape index (κ1) is 9.69. The minimum absolute atomic E-state index is 0.0614. The van der Waals surface area contributed by atoms with Crippen LogP contribution in [0.4, 0.5) is 4.39 Å². The van der Waals surface area contributed by atoms with E-state index in [0.29, 0.717) is 6.42 Å². The molecule has 1 heterocycles. The first-order chi connectivity index (χ1) is 6.41. The predicted octanol–water partition coefficient (Wildman–Crippen LogP) is 2.54. The normalized spacial score (nSPS) is 26.6. The van der Waals surface area contributed by atoms with Crippen molar-refractivity contribution in [2.75, 3.05) is 0 Å². The van der Waals surface area contributed by atoms with Crippen LogP contribution in [0.5, 0.6) is 0 Å². The van der Waals surface area contributed by atoms with E-state index in [0.717, 1.165) is 5.69 Å². The molecule has 0 spiro atoms. The maximum absolute atomic E-state index is 13.0. The van der Waals surface area contributed by atoms with Crippen molar-refractivity contribution in [1.29, 1.82) is 0 Å². The summed E-state index contributed by atoms with van der Waals surface area (Å²) in [5.41, 5.74) is 2.33. The van der Waals surface area contributed by atoms with Gasteiger partial charge in [-0.05, 0) is 17.4 Å². The summed E-state index contributed by atoms with van der Waals surface area (Å²) in [6.07, 6.45) is 1.90. The van der Waals surface area contributed by atoms with Gasteiger partial charge in [-0.1, -0.05) is 20.8 Å². The molecular weight excluding hydrogens is 179 g/mol. The Morgan fingerprint density at radius 3 is 2.50 bits per heavy atom. The number of nitrogens with zero attached hydrogens (tertiary/aromatic N) is 2. The Hall–Kier alpha value is -0.860. The molecule has 0 aliphatic heterocycles. The van der Waals surface area contributed by atoms with Crippen LogP contribution in [0.2, 0.25) is 0 Å². The summed E-state index contributed by atoms with van der Waals surface area (Å²) in [5, 5.41) is 4.23. The number of aromatic nitrogens is 2. The minimum atomic E-state index is -0.647. The highest BCUT2D eigenvalue weighted by Gasteiger charge is 2.43. The van der Waals surface area contributed by atoms with Crippen molar-refractivity contribution in [3.63, 3.8) is 0 Å². The van der Waals surface area contributed by atoms with Crippen LogP contribution < -0.4 is 0 Å². The topological polar surface area (TPSA) is 17.8 Å². The maximum atomic E-state index is 13.0. The number of alkyl halides is 1. The van der Waals surface area contributed by atoms with Gasteiger partial charge in [0.1, 0.15) is 6.17 Å². The molecule has 2 unspecified atom stereocenters. The van der Waals surface area contributed by atoms with E-state index < -0.39 is 6.17 Å². The molecular formula is C11H17FN2. The van der Waals surface area contributed by atoms with Crippen LogP contribution in [0.15, 0.2) is 6.20 Å². The second kappa shape index (κ2) is 2.81. The van der Waals surface area contributed by atoms with Crippen LogP contribution in [0.25, 0.3) is 0 Å². The van der Waals surface area contributed by atoms with Crippen LogP contribution >= 0.6 is 0 Å². The number of aryl methyl sites for hydroxylation is 1. The molecule has 0 N–H and O–H groups in total. The van der Waals surface area contributed by atoms with E-state index in [1.54, 1.807) is 0 Å². The molecule has 3 heteroatoms. The van der Waals surface area contributed by atoms with Crippen LogP contribution in [0, 0.1) is 0 Å². The molecule has 1 aromatic heterocycles. The highest BCUT2D eigenvalue weighted by Crippen LogP contribution is 2.46. The van der Waals surface area contributed by atoms with E-state index in [4.69, 9.17) is 0 Å². The zero-order valence-electron chi connectivity index (χ0n) is 9.21. The minimum Gasteiger partial charge on any atom is -0.272 e. The Morgan fingerprint density at radius 2 is 2.07 bits per heavy atom. The lowest BCUT2D eigenvalue weighted by Crippen LogP contribution is -2.14. The van der Waals surface area contributed by atoms with Crippen LogP contribution in [-0.2, 0) is 12.5 Å². The molecule has 0 amide bonds. The second-order valence-electron chi connectivity index (χ2n) is 5.18. The Balaban J connectivity index is 2.42. The summed E-state index contributed by atoms with van der Waals surface area (Å²) in [6, 6.07) is 0. The van der Waals surface area contributed by atoms with Crippen LogP contribution in [0.3, 0.4) is 0 Å². The summed E-state index contributed by atoms with van der Waals surface area (Å²) in [7, 11) is 1.90. The number of hydrogen-bond donors (Lipinski definition) is 0. The van der Waals surface area contributed by atoms with Gasteiger partial charge in [0.15, 0.2) is 0 Å². The molecule has 2 atom stereocenters. The summed E-state index contributed by atoms with van der Waals surface area (Å²) < 4.78 is 14.9. The molecule has 1 aliphatic rings. The van der Waals surface area contributed by atoms with E-state index in [1.165, 1.54) is 5.56 Å². The van der Waals surface area contributed by atoms with E-state index in [9.17, 15) is 4.39 Å². The van der Waals surface area contributed by atoms with Crippen molar-refractivity contribution < 1.29 is 4.39 Å². The average Bonchev–Trinajstić information content (AvgIpc) is 2.58. The lowest BCUT2D eigenvalue weighted by atomic mass is 9.86. The van der Waals surface area contributed by atoms with Gasteiger partial charge in [-0.15, -0.1) is 0 Å². The molecule has 0 bridgehead atoms. The fourth-order valence-corrected chi connectivity index (χ4v) is 1.91. The molecule has 2 rings (SSSR count). The van der Waals surface area contributed by atoms with E-state index >= 15 is 0 Å². The van der Waals surface area contributed by atoms with Crippen LogP contribution in [-0.4, -0.2) is 16.0 Å². The number of rotatable bonds is 1. The molecule has 1 aliphatic carbocycles. The lowest BCUT2D eigenvalue weighted by Gasteiger charge is -2.19. The monoisotopic (exact) mass is 196 g/mol. The highest BCUT2D eigenvalue weighted by molar-refractivity contribution is 5.33. The summed E-state index contributed by atoms with van der Waals surface area (Å²) in [5.74, 6) is 0.0942. The van der Waals surface area contributed by atoms with Crippen molar-refractivity contribution in [3.8, 4) is 0 Å². The zero-order chi connectivity index (χ0) is 10.5. The van der Waals surface area contributed by atoms with Crippen molar-refractivity contribution in [2.24, 2.45) is 7.05 Å². The maximum Gasteiger partial charge on any atom is 0.109 e. The van der Waals surface area contributed by atoms with Gasteiger partial charge in [0.2, 0.25) is 0 Å². The molecule has 78 valence electrons. The Morgan fingerprint density at radius 1 is 1.50 bits per heavy atom. The molecule has 1 aromatic rings. The van der Waals surface area contributed by atoms with E-state index in [1.807, 2.05) is 17.9 Å². The fourth-order valence-electron chi connectivity index (χ4n) is 1.91. The van der Waals surface area contributed by atoms with Crippen molar-refractivity contribution in [2.45, 2.75) is 44.7 Å². The molecule has 0 radical (unpaired) electrons. The molecule has 1 saturated carbocycles. The quantitative estimate of drug-likeness (QED) is 0.675. The van der Waals surface area contributed by atoms with Crippen molar-refractivity contribution in [1.82, 2.24) is 9.78 Å². The summed E-state index contributed by atoms with van der Waals surface area (Å²) >= 11 is 0. The Labute approximate surface area is 84.1 Å². The van der Waals surface area contributed by atoms with Gasteiger partial charge in [-0.25, -0.2) is 4.39 Å². The third kappa shape index (κ3) is 1.45. The molecule has 14 heavy (non-hydrogen) atoms. The number of halogens is 1. The van der Waals surface area contributed by atoms with Gasteiger partial charge in [0.05, 0.1) is 6.20 Å². The first-order valence-corrected chi connectivity index (χ1v) is 5.07. The smallest absolute Gasteiger partial charge is 0.109 e. The highest BCUT2D eigenvalue weighted by atomic mass is 19.1. The van der Waals surface area contributed by atoms with Gasteiger partial charge in [-0.2, -0.15) is 5.10 Å². The largest absolute Gasteiger partial charge is 0.272 e. The van der Waals surface area contributed by atoms with Gasteiger partial charge in [0, 0.05) is 18.7 Å². The third-order valence-corrected chi connectivity index (χ3v) is 2.86. The molecule has 0 saturated heterocycles. The fraction of sp³-hybridized carbons (Fsp3) is 0.727. The van der Waals surface area contributed by atoms with Crippen LogP contribution in [0.1, 0.15) is 44.4 Å². The van der Waals surface area contributed by atoms with Gasteiger partial charge < -0.3 is 0 Å². The lowest BCUT2D eigenvalue weighted by molar-refractivity contribution is 0.460. The van der Waals surface area contributed by atoms with Gasteiger partial charge in [-0.3, -0.25) is 4.68 Å². The Bertz CT molecular complexity index is 349. The van der Waals surface area contributed by atoms with E-state index in [2.05, 4.69) is 25.9 Å². The van der Waals surface area contributed by atoms with Crippen molar-refractivity contribution >= 4 is 0 Å². The molecule has 1 fully saturated rings. The van der Waals surface area contributed by atoms with E-state index in [-0.39, 0.29) is 11.3 Å². The molecule has 2 nitrogen and oxygen atoms in total. The standard InChI is InChI=1S/C11H17FN2/c1-11(2,3)8-6-13-14(4)10(8)7-5-9(7)12/h6-7,9H,5H2,1-4H3. The number of hydrogen-bond acceptors (Lipinski definition) is 1. The third-order valence-electron chi connectivity index (χ3n) is 2.86. The second-order valence-corrected chi connectivity index (χ2v) is 5.18. The van der Waals surface area contributed by atoms with Crippen molar-refractivity contribution in [3.05, 3.63) is 17.5 Å². The zero-order valence-corrected chi connectivity index (χ0v) is 9.21. The average molecular weight is 196 g/mol. The van der Waals surface area contributed by atoms with Gasteiger partial charge >= 0.3 is 0 Å². The summed E-state index contributed by atoms with van der Waals surface area (Å²) in [6.45, 7) is 6.43. The van der Waals surface area contributed by atoms with Gasteiger partial charge in [0.25, 0.3) is 0 Å².